The normalized spacial score (nSPS) is 16.6. The van der Waals surface area contributed by atoms with Gasteiger partial charge in [-0.3, -0.25) is 4.79 Å². The lowest BCUT2D eigenvalue weighted by Crippen LogP contribution is -2.33. The maximum absolute atomic E-state index is 10.8. The Morgan fingerprint density at radius 2 is 1.64 bits per heavy atom. The molecule has 0 aliphatic carbocycles. The summed E-state index contributed by atoms with van der Waals surface area (Å²) in [6.45, 7) is 0. The van der Waals surface area contributed by atoms with Crippen LogP contribution in [0.5, 0.6) is 0 Å². The molecule has 2 aromatic rings. The third kappa shape index (κ3) is 4.43. The van der Waals surface area contributed by atoms with Crippen LogP contribution in [0, 0.1) is 0 Å². The fourth-order valence-corrected chi connectivity index (χ4v) is 3.02. The first kappa shape index (κ1) is 17.1. The summed E-state index contributed by atoms with van der Waals surface area (Å²) in [6, 6.07) is 15.0. The maximum Gasteiger partial charge on any atom is 0.307 e. The molecular weight excluding hydrogens is 338 g/mol. The molecule has 3 N–H and O–H groups in total. The van der Waals surface area contributed by atoms with Gasteiger partial charge in [-0.15, -0.1) is 0 Å². The van der Waals surface area contributed by atoms with Crippen LogP contribution in [0.1, 0.15) is 16.7 Å². The predicted octanol–water partition coefficient (Wildman–Crippen LogP) is 3.96. The third-order valence-corrected chi connectivity index (χ3v) is 4.37. The summed E-state index contributed by atoms with van der Waals surface area (Å²) in [5, 5.41) is 22.5. The van der Waals surface area contributed by atoms with Gasteiger partial charge in [-0.1, -0.05) is 54.1 Å². The van der Waals surface area contributed by atoms with Gasteiger partial charge in [0.05, 0.1) is 12.5 Å². The van der Waals surface area contributed by atoms with Crippen LogP contribution < -0.4 is 5.32 Å². The van der Waals surface area contributed by atoms with Crippen molar-refractivity contribution in [3.05, 3.63) is 88.3 Å². The number of aliphatic hydroxyl groups is 1. The predicted molar refractivity (Wildman–Crippen MR) is 98.6 cm³/mol. The van der Waals surface area contributed by atoms with Gasteiger partial charge in [0.1, 0.15) is 0 Å². The molecule has 0 fully saturated rings. The Morgan fingerprint density at radius 3 is 2.28 bits per heavy atom. The van der Waals surface area contributed by atoms with Crippen LogP contribution in [0.25, 0.3) is 5.57 Å². The number of carbonyl (C=O) groups is 1. The standard InChI is InChI=1S/C20H18ClNO3/c21-16-7-3-13(4-8-16)11-18-17(9-10-19(23)22-18)15-5-1-14(2-6-15)12-20(24)25/h1-10,18,22-23H,11-12H2,(H,24,25). The van der Waals surface area contributed by atoms with Crippen LogP contribution >= 0.6 is 11.6 Å². The molecule has 1 aliphatic rings. The number of benzene rings is 2. The number of allylic oxidation sites excluding steroid dienone is 2. The zero-order valence-corrected chi connectivity index (χ0v) is 14.2. The summed E-state index contributed by atoms with van der Waals surface area (Å²) in [5.41, 5.74) is 3.89. The van der Waals surface area contributed by atoms with Crippen molar-refractivity contribution >= 4 is 23.1 Å². The van der Waals surface area contributed by atoms with Gasteiger partial charge < -0.3 is 15.5 Å². The number of rotatable bonds is 5. The van der Waals surface area contributed by atoms with E-state index >= 15 is 0 Å². The van der Waals surface area contributed by atoms with Gasteiger partial charge in [-0.2, -0.15) is 0 Å². The van der Waals surface area contributed by atoms with Crippen molar-refractivity contribution in [1.29, 1.82) is 0 Å². The molecule has 0 aromatic heterocycles. The number of nitrogens with one attached hydrogen (secondary N) is 1. The van der Waals surface area contributed by atoms with Crippen LogP contribution in [-0.2, 0) is 17.6 Å². The number of carboxylic acids is 1. The summed E-state index contributed by atoms with van der Waals surface area (Å²) < 4.78 is 0. The molecule has 3 rings (SSSR count). The maximum atomic E-state index is 10.8. The SMILES string of the molecule is O=C(O)Cc1ccc(C2=CC=C(O)NC2Cc2ccc(Cl)cc2)cc1. The fraction of sp³-hybridized carbons (Fsp3) is 0.150. The summed E-state index contributed by atoms with van der Waals surface area (Å²) in [6.07, 6.45) is 4.21. The van der Waals surface area contributed by atoms with Crippen molar-refractivity contribution in [3.63, 3.8) is 0 Å². The summed E-state index contributed by atoms with van der Waals surface area (Å²) >= 11 is 5.94. The number of aliphatic hydroxyl groups excluding tert-OH is 1. The molecule has 1 unspecified atom stereocenters. The van der Waals surface area contributed by atoms with Crippen LogP contribution in [0.15, 0.2) is 66.6 Å². The Morgan fingerprint density at radius 1 is 1.00 bits per heavy atom. The molecule has 0 amide bonds. The Balaban J connectivity index is 1.83. The Hall–Kier alpha value is -2.72. The molecule has 2 aromatic carbocycles. The lowest BCUT2D eigenvalue weighted by atomic mass is 9.91. The first-order chi connectivity index (χ1) is 12.0. The van der Waals surface area contributed by atoms with Crippen molar-refractivity contribution in [2.24, 2.45) is 0 Å². The van der Waals surface area contributed by atoms with E-state index in [9.17, 15) is 9.90 Å². The molecule has 0 bridgehead atoms. The number of hydrogen-bond acceptors (Lipinski definition) is 3. The van der Waals surface area contributed by atoms with Gasteiger partial charge in [0, 0.05) is 5.02 Å². The van der Waals surface area contributed by atoms with E-state index in [0.29, 0.717) is 11.4 Å². The van der Waals surface area contributed by atoms with Gasteiger partial charge in [0.2, 0.25) is 0 Å². The molecule has 1 aliphatic heterocycles. The average Bonchev–Trinajstić information content (AvgIpc) is 2.58. The van der Waals surface area contributed by atoms with Gasteiger partial charge in [-0.25, -0.2) is 0 Å². The number of halogens is 1. The molecular formula is C20H18ClNO3. The van der Waals surface area contributed by atoms with Crippen molar-refractivity contribution in [2.75, 3.05) is 0 Å². The number of dihydropyridines is 1. The highest BCUT2D eigenvalue weighted by Crippen LogP contribution is 2.26. The Bertz CT molecular complexity index is 823. The molecule has 0 saturated heterocycles. The van der Waals surface area contributed by atoms with Gasteiger partial charge in [-0.05, 0) is 46.9 Å². The topological polar surface area (TPSA) is 69.6 Å². The molecule has 128 valence electrons. The van der Waals surface area contributed by atoms with E-state index in [0.717, 1.165) is 22.3 Å². The van der Waals surface area contributed by atoms with E-state index < -0.39 is 5.97 Å². The van der Waals surface area contributed by atoms with Crippen molar-refractivity contribution in [1.82, 2.24) is 5.32 Å². The van der Waals surface area contributed by atoms with Crippen molar-refractivity contribution in [2.45, 2.75) is 18.9 Å². The lowest BCUT2D eigenvalue weighted by molar-refractivity contribution is -0.136. The lowest BCUT2D eigenvalue weighted by Gasteiger charge is -2.26. The van der Waals surface area contributed by atoms with Crippen molar-refractivity contribution in [3.8, 4) is 0 Å². The summed E-state index contributed by atoms with van der Waals surface area (Å²) in [7, 11) is 0. The highest BCUT2D eigenvalue weighted by molar-refractivity contribution is 6.30. The van der Waals surface area contributed by atoms with Crippen molar-refractivity contribution < 1.29 is 15.0 Å². The monoisotopic (exact) mass is 355 g/mol. The Kier molecular flexibility index (Phi) is 5.10. The van der Waals surface area contributed by atoms with Crippen LogP contribution in [0.2, 0.25) is 5.02 Å². The summed E-state index contributed by atoms with van der Waals surface area (Å²) in [4.78, 5) is 10.8. The Labute approximate surface area is 151 Å². The second kappa shape index (κ2) is 7.45. The molecule has 0 spiro atoms. The fourth-order valence-electron chi connectivity index (χ4n) is 2.89. The minimum atomic E-state index is -0.847. The smallest absolute Gasteiger partial charge is 0.307 e. The first-order valence-corrected chi connectivity index (χ1v) is 8.32. The number of carboxylic acid groups (broad SMARTS) is 1. The molecule has 25 heavy (non-hydrogen) atoms. The zero-order chi connectivity index (χ0) is 17.8. The zero-order valence-electron chi connectivity index (χ0n) is 13.4. The van der Waals surface area contributed by atoms with Crippen LogP contribution in [0.3, 0.4) is 0 Å². The molecule has 0 radical (unpaired) electrons. The van der Waals surface area contributed by atoms with Crippen LogP contribution in [-0.4, -0.2) is 22.2 Å². The van der Waals surface area contributed by atoms with Crippen LogP contribution in [0.4, 0.5) is 0 Å². The number of aliphatic carboxylic acids is 1. The van der Waals surface area contributed by atoms with Gasteiger partial charge in [0.25, 0.3) is 0 Å². The highest BCUT2D eigenvalue weighted by Gasteiger charge is 2.20. The quantitative estimate of drug-likeness (QED) is 0.759. The first-order valence-electron chi connectivity index (χ1n) is 7.94. The molecule has 0 saturated carbocycles. The van der Waals surface area contributed by atoms with E-state index in [1.54, 1.807) is 6.08 Å². The molecule has 5 heteroatoms. The number of hydrogen-bond donors (Lipinski definition) is 3. The largest absolute Gasteiger partial charge is 0.495 e. The minimum absolute atomic E-state index is 0.00642. The van der Waals surface area contributed by atoms with E-state index in [2.05, 4.69) is 5.32 Å². The third-order valence-electron chi connectivity index (χ3n) is 4.11. The second-order valence-corrected chi connectivity index (χ2v) is 6.41. The second-order valence-electron chi connectivity index (χ2n) is 5.97. The van der Waals surface area contributed by atoms with E-state index in [-0.39, 0.29) is 18.3 Å². The average molecular weight is 356 g/mol. The van der Waals surface area contributed by atoms with E-state index in [1.807, 2.05) is 54.6 Å². The van der Waals surface area contributed by atoms with E-state index in [1.165, 1.54) is 0 Å². The molecule has 1 atom stereocenters. The van der Waals surface area contributed by atoms with Gasteiger partial charge in [0.15, 0.2) is 5.88 Å². The summed E-state index contributed by atoms with van der Waals surface area (Å²) in [5.74, 6) is -0.718. The highest BCUT2D eigenvalue weighted by atomic mass is 35.5. The van der Waals surface area contributed by atoms with E-state index in [4.69, 9.17) is 16.7 Å². The van der Waals surface area contributed by atoms with Gasteiger partial charge >= 0.3 is 5.97 Å². The molecule has 1 heterocycles. The minimum Gasteiger partial charge on any atom is -0.495 e. The molecule has 4 nitrogen and oxygen atoms in total.